The van der Waals surface area contributed by atoms with Crippen LogP contribution in [-0.2, 0) is 0 Å². The molecule has 2 aromatic rings. The lowest BCUT2D eigenvalue weighted by Gasteiger charge is -2.27. The van der Waals surface area contributed by atoms with Crippen LogP contribution in [0.2, 0.25) is 0 Å². The molecule has 0 atom stereocenters. The number of hydrogen-bond donors (Lipinski definition) is 1. The molecule has 1 N–H and O–H groups in total. The third-order valence-electron chi connectivity index (χ3n) is 5.55. The Kier molecular flexibility index (Phi) is 6.53. The molecule has 1 amide bonds. The second kappa shape index (κ2) is 9.07. The van der Waals surface area contributed by atoms with Gasteiger partial charge in [0, 0.05) is 31.7 Å². The molecule has 1 heterocycles. The Morgan fingerprint density at radius 2 is 1.57 bits per heavy atom. The number of piperidine rings is 1. The largest absolute Gasteiger partial charge is 0.508 e. The van der Waals surface area contributed by atoms with Crippen molar-refractivity contribution in [2.24, 2.45) is 0 Å². The number of hydrogen-bond acceptors (Lipinski definition) is 3. The molecule has 1 fully saturated rings. The van der Waals surface area contributed by atoms with Crippen molar-refractivity contribution in [2.75, 3.05) is 33.2 Å². The number of amides is 1. The number of carbonyl (C=O) groups is 1. The van der Waals surface area contributed by atoms with Crippen molar-refractivity contribution in [3.8, 4) is 5.75 Å². The molecule has 0 radical (unpaired) electrons. The van der Waals surface area contributed by atoms with Crippen LogP contribution in [0.3, 0.4) is 0 Å². The van der Waals surface area contributed by atoms with Gasteiger partial charge in [-0.05, 0) is 74.7 Å². The SMILES string of the molecule is CCN(CC)C(=O)c1ccc(C(=C2CCN(C)CC2)c2cccc(O)c2)cc1. The molecule has 0 aliphatic carbocycles. The maximum atomic E-state index is 12.6. The number of likely N-dealkylation sites (tertiary alicyclic amines) is 1. The minimum atomic E-state index is 0.0717. The summed E-state index contributed by atoms with van der Waals surface area (Å²) in [5.41, 5.74) is 5.44. The summed E-state index contributed by atoms with van der Waals surface area (Å²) in [6.45, 7) is 7.50. The standard InChI is InChI=1S/C24H30N2O2/c1-4-26(5-2)24(28)20-11-9-18(10-12-20)23(19-13-15-25(3)16-14-19)21-7-6-8-22(27)17-21/h6-12,17,27H,4-5,13-16H2,1-3H3. The highest BCUT2D eigenvalue weighted by atomic mass is 16.3. The minimum absolute atomic E-state index is 0.0717. The molecule has 28 heavy (non-hydrogen) atoms. The first-order chi connectivity index (χ1) is 13.5. The second-order valence-corrected chi connectivity index (χ2v) is 7.39. The lowest BCUT2D eigenvalue weighted by Crippen LogP contribution is -2.30. The van der Waals surface area contributed by atoms with Gasteiger partial charge in [0.05, 0.1) is 0 Å². The van der Waals surface area contributed by atoms with Crippen molar-refractivity contribution in [1.29, 1.82) is 0 Å². The van der Waals surface area contributed by atoms with Crippen LogP contribution in [0, 0.1) is 0 Å². The number of rotatable bonds is 5. The van der Waals surface area contributed by atoms with Crippen molar-refractivity contribution in [1.82, 2.24) is 9.80 Å². The molecule has 2 aromatic carbocycles. The molecular weight excluding hydrogens is 348 g/mol. The predicted octanol–water partition coefficient (Wildman–Crippen LogP) is 4.40. The predicted molar refractivity (Wildman–Crippen MR) is 115 cm³/mol. The van der Waals surface area contributed by atoms with Gasteiger partial charge in [-0.3, -0.25) is 4.79 Å². The Morgan fingerprint density at radius 3 is 2.14 bits per heavy atom. The van der Waals surface area contributed by atoms with E-state index in [1.165, 1.54) is 11.1 Å². The van der Waals surface area contributed by atoms with Gasteiger partial charge in [-0.1, -0.05) is 29.8 Å². The lowest BCUT2D eigenvalue weighted by atomic mass is 9.88. The lowest BCUT2D eigenvalue weighted by molar-refractivity contribution is 0.0773. The molecule has 0 unspecified atom stereocenters. The molecule has 148 valence electrons. The summed E-state index contributed by atoms with van der Waals surface area (Å²) in [5, 5.41) is 10.0. The van der Waals surface area contributed by atoms with E-state index in [-0.39, 0.29) is 11.7 Å². The van der Waals surface area contributed by atoms with E-state index in [0.29, 0.717) is 13.1 Å². The molecule has 1 saturated heterocycles. The molecule has 1 aliphatic rings. The van der Waals surface area contributed by atoms with Crippen LogP contribution in [0.5, 0.6) is 5.75 Å². The summed E-state index contributed by atoms with van der Waals surface area (Å²) in [6, 6.07) is 15.4. The third kappa shape index (κ3) is 4.45. The van der Waals surface area contributed by atoms with Crippen LogP contribution in [-0.4, -0.2) is 54.0 Å². The molecule has 0 spiro atoms. The molecule has 1 aliphatic heterocycles. The van der Waals surface area contributed by atoms with E-state index in [2.05, 4.69) is 18.0 Å². The van der Waals surface area contributed by atoms with Crippen LogP contribution in [0.25, 0.3) is 5.57 Å². The molecule has 4 nitrogen and oxygen atoms in total. The number of benzene rings is 2. The van der Waals surface area contributed by atoms with Gasteiger partial charge in [-0.25, -0.2) is 0 Å². The fraction of sp³-hybridized carbons (Fsp3) is 0.375. The first kappa shape index (κ1) is 20.2. The van der Waals surface area contributed by atoms with Crippen molar-refractivity contribution in [3.05, 3.63) is 70.8 Å². The Morgan fingerprint density at radius 1 is 0.964 bits per heavy atom. The van der Waals surface area contributed by atoms with Crippen molar-refractivity contribution in [2.45, 2.75) is 26.7 Å². The molecule has 0 saturated carbocycles. The van der Waals surface area contributed by atoms with Crippen LogP contribution >= 0.6 is 0 Å². The Balaban J connectivity index is 1.99. The average Bonchev–Trinajstić information content (AvgIpc) is 2.71. The molecule has 0 aromatic heterocycles. The second-order valence-electron chi connectivity index (χ2n) is 7.39. The molecule has 3 rings (SSSR count). The van der Waals surface area contributed by atoms with Gasteiger partial charge in [-0.15, -0.1) is 0 Å². The quantitative estimate of drug-likeness (QED) is 0.839. The van der Waals surface area contributed by atoms with Crippen LogP contribution < -0.4 is 0 Å². The summed E-state index contributed by atoms with van der Waals surface area (Å²) >= 11 is 0. The first-order valence-corrected chi connectivity index (χ1v) is 10.1. The zero-order valence-corrected chi connectivity index (χ0v) is 17.1. The van der Waals surface area contributed by atoms with E-state index in [4.69, 9.17) is 0 Å². The topological polar surface area (TPSA) is 43.8 Å². The van der Waals surface area contributed by atoms with E-state index < -0.39 is 0 Å². The molecule has 4 heteroatoms. The molecular formula is C24H30N2O2. The summed E-state index contributed by atoms with van der Waals surface area (Å²) in [6.07, 6.45) is 2.03. The first-order valence-electron chi connectivity index (χ1n) is 10.1. The van der Waals surface area contributed by atoms with Gasteiger partial charge < -0.3 is 14.9 Å². The maximum absolute atomic E-state index is 12.6. The van der Waals surface area contributed by atoms with Gasteiger partial charge in [-0.2, -0.15) is 0 Å². The summed E-state index contributed by atoms with van der Waals surface area (Å²) in [5.74, 6) is 0.347. The fourth-order valence-corrected chi connectivity index (χ4v) is 3.85. The molecule has 0 bridgehead atoms. The van der Waals surface area contributed by atoms with E-state index in [1.807, 2.05) is 55.1 Å². The Labute approximate surface area is 168 Å². The summed E-state index contributed by atoms with van der Waals surface area (Å²) in [4.78, 5) is 16.8. The van der Waals surface area contributed by atoms with E-state index in [9.17, 15) is 9.90 Å². The van der Waals surface area contributed by atoms with Gasteiger partial charge in [0.15, 0.2) is 0 Å². The zero-order chi connectivity index (χ0) is 20.1. The van der Waals surface area contributed by atoms with Crippen LogP contribution in [0.15, 0.2) is 54.1 Å². The number of carbonyl (C=O) groups excluding carboxylic acids is 1. The highest BCUT2D eigenvalue weighted by molar-refractivity contribution is 5.95. The van der Waals surface area contributed by atoms with Crippen LogP contribution in [0.1, 0.15) is 48.2 Å². The smallest absolute Gasteiger partial charge is 0.253 e. The van der Waals surface area contributed by atoms with Crippen molar-refractivity contribution < 1.29 is 9.90 Å². The highest BCUT2D eigenvalue weighted by Gasteiger charge is 2.18. The van der Waals surface area contributed by atoms with Crippen molar-refractivity contribution >= 4 is 11.5 Å². The van der Waals surface area contributed by atoms with Gasteiger partial charge in [0.1, 0.15) is 5.75 Å². The fourth-order valence-electron chi connectivity index (χ4n) is 3.85. The Hall–Kier alpha value is -2.59. The number of phenolic OH excluding ortho intramolecular Hbond substituents is 1. The zero-order valence-electron chi connectivity index (χ0n) is 17.1. The van der Waals surface area contributed by atoms with Crippen molar-refractivity contribution in [3.63, 3.8) is 0 Å². The average molecular weight is 379 g/mol. The van der Waals surface area contributed by atoms with Gasteiger partial charge >= 0.3 is 0 Å². The van der Waals surface area contributed by atoms with Gasteiger partial charge in [0.25, 0.3) is 5.91 Å². The highest BCUT2D eigenvalue weighted by Crippen LogP contribution is 2.33. The van der Waals surface area contributed by atoms with Gasteiger partial charge in [0.2, 0.25) is 0 Å². The summed E-state index contributed by atoms with van der Waals surface area (Å²) in [7, 11) is 2.15. The van der Waals surface area contributed by atoms with E-state index in [0.717, 1.165) is 42.6 Å². The third-order valence-corrected chi connectivity index (χ3v) is 5.55. The summed E-state index contributed by atoms with van der Waals surface area (Å²) < 4.78 is 0. The maximum Gasteiger partial charge on any atom is 0.253 e. The number of phenols is 1. The minimum Gasteiger partial charge on any atom is -0.508 e. The number of nitrogens with zero attached hydrogens (tertiary/aromatic N) is 2. The monoisotopic (exact) mass is 378 g/mol. The van der Waals surface area contributed by atoms with E-state index in [1.54, 1.807) is 6.07 Å². The van der Waals surface area contributed by atoms with Crippen LogP contribution in [0.4, 0.5) is 0 Å². The Bertz CT molecular complexity index is 841. The normalized spacial score (nSPS) is 14.8. The number of aromatic hydroxyl groups is 1. The van der Waals surface area contributed by atoms with E-state index >= 15 is 0 Å².